The normalized spacial score (nSPS) is 11.6. The van der Waals surface area contributed by atoms with Crippen molar-refractivity contribution in [1.82, 2.24) is 9.29 Å². The van der Waals surface area contributed by atoms with Crippen LogP contribution in [0, 0.1) is 0 Å². The quantitative estimate of drug-likeness (QED) is 0.722. The maximum atomic E-state index is 11.3. The second-order valence-corrected chi connectivity index (χ2v) is 4.69. The van der Waals surface area contributed by atoms with Gasteiger partial charge in [0.15, 0.2) is 0 Å². The van der Waals surface area contributed by atoms with E-state index in [9.17, 15) is 13.2 Å². The predicted molar refractivity (Wildman–Crippen MR) is 53.3 cm³/mol. The molecule has 0 spiro atoms. The average Bonchev–Trinajstić information content (AvgIpc) is 2.08. The van der Waals surface area contributed by atoms with Crippen LogP contribution in [0.3, 0.4) is 0 Å². The second kappa shape index (κ2) is 3.81. The van der Waals surface area contributed by atoms with Gasteiger partial charge in [0.05, 0.1) is 0 Å². The molecule has 14 heavy (non-hydrogen) atoms. The summed E-state index contributed by atoms with van der Waals surface area (Å²) in [6, 6.07) is 2.93. The Morgan fingerprint density at radius 2 is 2.07 bits per heavy atom. The molecule has 0 aromatic carbocycles. The van der Waals surface area contributed by atoms with Gasteiger partial charge in [0.2, 0.25) is 0 Å². The molecule has 0 saturated heterocycles. The van der Waals surface area contributed by atoms with Crippen LogP contribution >= 0.6 is 0 Å². The number of hydrogen-bond acceptors (Lipinski definition) is 3. The summed E-state index contributed by atoms with van der Waals surface area (Å²) in [7, 11) is -0.861. The van der Waals surface area contributed by atoms with Crippen molar-refractivity contribution in [3.63, 3.8) is 0 Å². The molecule has 0 amide bonds. The fourth-order valence-corrected chi connectivity index (χ4v) is 1.35. The van der Waals surface area contributed by atoms with Crippen molar-refractivity contribution in [2.75, 3.05) is 18.8 Å². The maximum absolute atomic E-state index is 11.3. The molecule has 0 aliphatic carbocycles. The Labute approximate surface area is 81.7 Å². The van der Waals surface area contributed by atoms with Crippen LogP contribution < -0.4 is 10.3 Å². The minimum atomic E-state index is -3.61. The first-order valence-electron chi connectivity index (χ1n) is 3.81. The molecule has 1 rings (SSSR count). The minimum absolute atomic E-state index is 0.00111. The van der Waals surface area contributed by atoms with Gasteiger partial charge in [-0.15, -0.1) is 0 Å². The first kappa shape index (κ1) is 10.7. The highest BCUT2D eigenvalue weighted by Crippen LogP contribution is 2.01. The number of rotatable bonds is 3. The van der Waals surface area contributed by atoms with Gasteiger partial charge in [-0.3, -0.25) is 9.52 Å². The molecule has 7 heteroatoms. The highest BCUT2D eigenvalue weighted by Gasteiger charge is 2.14. The van der Waals surface area contributed by atoms with Crippen LogP contribution in [-0.4, -0.2) is 31.8 Å². The molecule has 78 valence electrons. The third kappa shape index (κ3) is 2.33. The number of aromatic amines is 1. The molecule has 0 aliphatic rings. The molecule has 0 saturated carbocycles. The Morgan fingerprint density at radius 1 is 1.43 bits per heavy atom. The zero-order valence-corrected chi connectivity index (χ0v) is 8.63. The van der Waals surface area contributed by atoms with E-state index in [1.807, 2.05) is 0 Å². The number of nitrogens with zero attached hydrogens (tertiary/aromatic N) is 1. The lowest BCUT2D eigenvalue weighted by molar-refractivity contribution is 0.526. The van der Waals surface area contributed by atoms with Gasteiger partial charge in [0, 0.05) is 20.3 Å². The van der Waals surface area contributed by atoms with Crippen LogP contribution in [-0.2, 0) is 10.2 Å². The van der Waals surface area contributed by atoms with E-state index in [4.69, 9.17) is 0 Å². The second-order valence-electron chi connectivity index (χ2n) is 2.80. The standard InChI is InChI=1S/C7H11N3O3S/c1-10(2)14(12,13)9-6-4-3-5-8-7(6)11/h3-5,9H,1-2H3,(H,8,11). The summed E-state index contributed by atoms with van der Waals surface area (Å²) in [6.45, 7) is 0. The van der Waals surface area contributed by atoms with Crippen molar-refractivity contribution in [3.05, 3.63) is 28.7 Å². The summed E-state index contributed by atoms with van der Waals surface area (Å²) in [6.07, 6.45) is 1.43. The molecule has 0 aliphatic heterocycles. The Morgan fingerprint density at radius 3 is 2.57 bits per heavy atom. The molecule has 0 fully saturated rings. The first-order valence-corrected chi connectivity index (χ1v) is 5.25. The van der Waals surface area contributed by atoms with E-state index >= 15 is 0 Å². The van der Waals surface area contributed by atoms with Gasteiger partial charge < -0.3 is 4.98 Å². The van der Waals surface area contributed by atoms with E-state index in [1.165, 1.54) is 32.4 Å². The van der Waals surface area contributed by atoms with Crippen LogP contribution in [0.4, 0.5) is 5.69 Å². The molecular weight excluding hydrogens is 206 g/mol. The monoisotopic (exact) mass is 217 g/mol. The number of aromatic nitrogens is 1. The fraction of sp³-hybridized carbons (Fsp3) is 0.286. The number of nitrogens with one attached hydrogen (secondary N) is 2. The van der Waals surface area contributed by atoms with Crippen molar-refractivity contribution in [1.29, 1.82) is 0 Å². The number of H-pyrrole nitrogens is 1. The van der Waals surface area contributed by atoms with Crippen LogP contribution in [0.25, 0.3) is 0 Å². The van der Waals surface area contributed by atoms with Crippen LogP contribution in [0.2, 0.25) is 0 Å². The zero-order valence-electron chi connectivity index (χ0n) is 7.81. The van der Waals surface area contributed by atoms with Crippen molar-refractivity contribution < 1.29 is 8.42 Å². The minimum Gasteiger partial charge on any atom is -0.327 e. The van der Waals surface area contributed by atoms with Crippen LogP contribution in [0.15, 0.2) is 23.1 Å². The molecule has 0 unspecified atom stereocenters. The topological polar surface area (TPSA) is 82.3 Å². The molecule has 2 N–H and O–H groups in total. The highest BCUT2D eigenvalue weighted by molar-refractivity contribution is 7.90. The van der Waals surface area contributed by atoms with Crippen LogP contribution in [0.1, 0.15) is 0 Å². The molecule has 1 heterocycles. The van der Waals surface area contributed by atoms with Crippen molar-refractivity contribution in [3.8, 4) is 0 Å². The highest BCUT2D eigenvalue weighted by atomic mass is 32.2. The van der Waals surface area contributed by atoms with Gasteiger partial charge in [-0.05, 0) is 12.1 Å². The number of pyridine rings is 1. The Bertz CT molecular complexity index is 463. The van der Waals surface area contributed by atoms with Crippen molar-refractivity contribution >= 4 is 15.9 Å². The van der Waals surface area contributed by atoms with E-state index in [1.54, 1.807) is 0 Å². The summed E-state index contributed by atoms with van der Waals surface area (Å²) >= 11 is 0. The van der Waals surface area contributed by atoms with E-state index in [0.29, 0.717) is 0 Å². The first-order chi connectivity index (χ1) is 6.43. The summed E-state index contributed by atoms with van der Waals surface area (Å²) in [5.41, 5.74) is -0.473. The molecule has 6 nitrogen and oxygen atoms in total. The van der Waals surface area contributed by atoms with Gasteiger partial charge in [-0.2, -0.15) is 12.7 Å². The Hall–Kier alpha value is -1.34. The molecule has 0 bridgehead atoms. The summed E-state index contributed by atoms with van der Waals surface area (Å²) in [5, 5.41) is 0. The lowest BCUT2D eigenvalue weighted by atomic mass is 10.4. The average molecular weight is 217 g/mol. The fourth-order valence-electron chi connectivity index (χ4n) is 0.732. The van der Waals surface area contributed by atoms with Gasteiger partial charge >= 0.3 is 10.2 Å². The van der Waals surface area contributed by atoms with Gasteiger partial charge in [-0.25, -0.2) is 0 Å². The number of anilines is 1. The van der Waals surface area contributed by atoms with E-state index in [-0.39, 0.29) is 5.69 Å². The van der Waals surface area contributed by atoms with Crippen molar-refractivity contribution in [2.24, 2.45) is 0 Å². The lowest BCUT2D eigenvalue weighted by Crippen LogP contribution is -2.31. The Balaban J connectivity index is 3.02. The third-order valence-corrected chi connectivity index (χ3v) is 2.98. The third-order valence-electron chi connectivity index (χ3n) is 1.54. The van der Waals surface area contributed by atoms with Gasteiger partial charge in [0.25, 0.3) is 5.56 Å². The Kier molecular flexibility index (Phi) is 2.92. The van der Waals surface area contributed by atoms with Gasteiger partial charge in [0.1, 0.15) is 5.69 Å². The lowest BCUT2D eigenvalue weighted by Gasteiger charge is -2.12. The SMILES string of the molecule is CN(C)S(=O)(=O)Nc1ccc[nH]c1=O. The largest absolute Gasteiger partial charge is 0.327 e. The summed E-state index contributed by atoms with van der Waals surface area (Å²) in [5.74, 6) is 0. The molecule has 1 aromatic rings. The van der Waals surface area contributed by atoms with E-state index in [0.717, 1.165) is 4.31 Å². The molecule has 0 radical (unpaired) electrons. The predicted octanol–water partition coefficient (Wildman–Crippen LogP) is -0.407. The molecule has 0 atom stereocenters. The van der Waals surface area contributed by atoms with Gasteiger partial charge in [-0.1, -0.05) is 0 Å². The zero-order chi connectivity index (χ0) is 10.8. The van der Waals surface area contributed by atoms with Crippen molar-refractivity contribution in [2.45, 2.75) is 0 Å². The summed E-state index contributed by atoms with van der Waals surface area (Å²) < 4.78 is 25.8. The summed E-state index contributed by atoms with van der Waals surface area (Å²) in [4.78, 5) is 13.5. The number of hydrogen-bond donors (Lipinski definition) is 2. The molecular formula is C7H11N3O3S. The van der Waals surface area contributed by atoms with Crippen LogP contribution in [0.5, 0.6) is 0 Å². The maximum Gasteiger partial charge on any atom is 0.301 e. The van der Waals surface area contributed by atoms with E-state index < -0.39 is 15.8 Å². The molecule has 1 aromatic heterocycles. The van der Waals surface area contributed by atoms with E-state index in [2.05, 4.69) is 9.71 Å². The smallest absolute Gasteiger partial charge is 0.301 e.